The molecule has 1 heterocycles. The van der Waals surface area contributed by atoms with E-state index in [1.54, 1.807) is 17.9 Å². The second-order valence-corrected chi connectivity index (χ2v) is 4.52. The first-order valence-corrected chi connectivity index (χ1v) is 5.81. The zero-order valence-corrected chi connectivity index (χ0v) is 9.72. The molecule has 1 saturated carbocycles. The van der Waals surface area contributed by atoms with Crippen LogP contribution in [0.2, 0.25) is 0 Å². The lowest BCUT2D eigenvalue weighted by atomic mass is 10.2. The van der Waals surface area contributed by atoms with Crippen molar-refractivity contribution in [1.82, 2.24) is 9.55 Å². The number of benzene rings is 1. The Morgan fingerprint density at radius 2 is 2.29 bits per heavy atom. The van der Waals surface area contributed by atoms with Gasteiger partial charge < -0.3 is 4.74 Å². The summed E-state index contributed by atoms with van der Waals surface area (Å²) in [6.45, 7) is 0.787. The van der Waals surface area contributed by atoms with E-state index in [1.807, 2.05) is 18.2 Å². The normalized spacial score (nSPS) is 15.1. The van der Waals surface area contributed by atoms with Gasteiger partial charge in [-0.3, -0.25) is 4.57 Å². The highest BCUT2D eigenvalue weighted by Gasteiger charge is 2.23. The van der Waals surface area contributed by atoms with Crippen LogP contribution in [-0.2, 0) is 6.54 Å². The third kappa shape index (κ3) is 1.90. The summed E-state index contributed by atoms with van der Waals surface area (Å²) >= 11 is 0. The van der Waals surface area contributed by atoms with Gasteiger partial charge in [0.1, 0.15) is 5.75 Å². The number of aromatic nitrogens is 2. The number of rotatable bonds is 3. The molecule has 1 aromatic carbocycles. The van der Waals surface area contributed by atoms with E-state index in [9.17, 15) is 4.79 Å². The minimum absolute atomic E-state index is 0.158. The van der Waals surface area contributed by atoms with Crippen LogP contribution in [0.5, 0.6) is 5.75 Å². The molecule has 0 bridgehead atoms. The molecule has 2 aromatic rings. The van der Waals surface area contributed by atoms with Crippen molar-refractivity contribution < 1.29 is 4.74 Å². The first kappa shape index (κ1) is 10.3. The van der Waals surface area contributed by atoms with Crippen LogP contribution >= 0.6 is 0 Å². The summed E-state index contributed by atoms with van der Waals surface area (Å²) < 4.78 is 6.94. The van der Waals surface area contributed by atoms with E-state index in [1.165, 1.54) is 12.8 Å². The Balaban J connectivity index is 2.17. The van der Waals surface area contributed by atoms with E-state index in [2.05, 4.69) is 4.98 Å². The van der Waals surface area contributed by atoms with Crippen LogP contribution < -0.4 is 10.4 Å². The molecule has 1 aromatic heterocycles. The molecule has 4 nitrogen and oxygen atoms in total. The Bertz CT molecular complexity index is 614. The lowest BCUT2D eigenvalue weighted by Gasteiger charge is -2.09. The molecule has 0 spiro atoms. The SMILES string of the molecule is COc1ccc2c(cnc(=O)n2CC2CC2)c1. The van der Waals surface area contributed by atoms with E-state index in [-0.39, 0.29) is 5.69 Å². The molecule has 88 valence electrons. The topological polar surface area (TPSA) is 44.1 Å². The molecule has 1 aliphatic carbocycles. The van der Waals surface area contributed by atoms with E-state index in [4.69, 9.17) is 4.74 Å². The summed E-state index contributed by atoms with van der Waals surface area (Å²) in [7, 11) is 1.63. The van der Waals surface area contributed by atoms with Crippen LogP contribution in [0.1, 0.15) is 12.8 Å². The lowest BCUT2D eigenvalue weighted by molar-refractivity contribution is 0.415. The summed E-state index contributed by atoms with van der Waals surface area (Å²) in [6, 6.07) is 5.72. The molecule has 0 atom stereocenters. The molecule has 3 rings (SSSR count). The molecular weight excluding hydrogens is 216 g/mol. The molecule has 0 unspecified atom stereocenters. The average molecular weight is 230 g/mol. The van der Waals surface area contributed by atoms with E-state index < -0.39 is 0 Å². The number of hydrogen-bond donors (Lipinski definition) is 0. The predicted octanol–water partition coefficient (Wildman–Crippen LogP) is 1.82. The molecule has 4 heteroatoms. The summed E-state index contributed by atoms with van der Waals surface area (Å²) in [6.07, 6.45) is 4.06. The highest BCUT2D eigenvalue weighted by atomic mass is 16.5. The molecule has 0 radical (unpaired) electrons. The maximum absolute atomic E-state index is 11.8. The van der Waals surface area contributed by atoms with Crippen molar-refractivity contribution in [2.75, 3.05) is 7.11 Å². The van der Waals surface area contributed by atoms with Gasteiger partial charge >= 0.3 is 5.69 Å². The zero-order chi connectivity index (χ0) is 11.8. The molecule has 0 aliphatic heterocycles. The Morgan fingerprint density at radius 3 is 3.00 bits per heavy atom. The lowest BCUT2D eigenvalue weighted by Crippen LogP contribution is -2.23. The molecule has 0 N–H and O–H groups in total. The van der Waals surface area contributed by atoms with Gasteiger partial charge in [-0.25, -0.2) is 9.78 Å². The Morgan fingerprint density at radius 1 is 1.47 bits per heavy atom. The maximum Gasteiger partial charge on any atom is 0.348 e. The van der Waals surface area contributed by atoms with Gasteiger partial charge in [0.2, 0.25) is 0 Å². The van der Waals surface area contributed by atoms with Gasteiger partial charge in [0.25, 0.3) is 0 Å². The fourth-order valence-electron chi connectivity index (χ4n) is 2.04. The summed E-state index contributed by atoms with van der Waals surface area (Å²) in [5, 5.41) is 0.949. The highest BCUT2D eigenvalue weighted by Crippen LogP contribution is 2.31. The second-order valence-electron chi connectivity index (χ2n) is 4.52. The second kappa shape index (κ2) is 3.87. The molecule has 0 amide bonds. The van der Waals surface area contributed by atoms with Crippen molar-refractivity contribution in [2.45, 2.75) is 19.4 Å². The number of hydrogen-bond acceptors (Lipinski definition) is 3. The van der Waals surface area contributed by atoms with Crippen molar-refractivity contribution in [3.8, 4) is 5.75 Å². The number of ether oxygens (including phenoxy) is 1. The highest BCUT2D eigenvalue weighted by molar-refractivity contribution is 5.79. The maximum atomic E-state index is 11.8. The smallest absolute Gasteiger partial charge is 0.348 e. The van der Waals surface area contributed by atoms with Crippen LogP contribution in [0.15, 0.2) is 29.2 Å². The van der Waals surface area contributed by atoms with Gasteiger partial charge in [0.15, 0.2) is 0 Å². The van der Waals surface area contributed by atoms with Crippen molar-refractivity contribution in [3.63, 3.8) is 0 Å². The molecule has 1 fully saturated rings. The van der Waals surface area contributed by atoms with Crippen LogP contribution in [0.25, 0.3) is 10.9 Å². The molecule has 17 heavy (non-hydrogen) atoms. The zero-order valence-electron chi connectivity index (χ0n) is 9.72. The third-order valence-electron chi connectivity index (χ3n) is 3.21. The third-order valence-corrected chi connectivity index (χ3v) is 3.21. The van der Waals surface area contributed by atoms with Crippen molar-refractivity contribution in [2.24, 2.45) is 5.92 Å². The predicted molar refractivity (Wildman–Crippen MR) is 65.3 cm³/mol. The standard InChI is InChI=1S/C13H14N2O2/c1-17-11-4-5-12-10(6-11)7-14-13(16)15(12)8-9-2-3-9/h4-7,9H,2-3,8H2,1H3. The largest absolute Gasteiger partial charge is 0.497 e. The molecular formula is C13H14N2O2. The van der Waals surface area contributed by atoms with Gasteiger partial charge in [-0.1, -0.05) is 0 Å². The summed E-state index contributed by atoms with van der Waals surface area (Å²) in [5.41, 5.74) is 0.785. The number of methoxy groups -OCH3 is 1. The monoisotopic (exact) mass is 230 g/mol. The Labute approximate surface area is 98.9 Å². The number of nitrogens with zero attached hydrogens (tertiary/aromatic N) is 2. The average Bonchev–Trinajstić information content (AvgIpc) is 3.16. The number of fused-ring (bicyclic) bond motifs is 1. The summed E-state index contributed by atoms with van der Waals surface area (Å²) in [5.74, 6) is 1.44. The van der Waals surface area contributed by atoms with Gasteiger partial charge in [-0.2, -0.15) is 0 Å². The van der Waals surface area contributed by atoms with Gasteiger partial charge in [-0.15, -0.1) is 0 Å². The fourth-order valence-corrected chi connectivity index (χ4v) is 2.04. The first-order chi connectivity index (χ1) is 8.28. The van der Waals surface area contributed by atoms with Crippen molar-refractivity contribution in [3.05, 3.63) is 34.9 Å². The van der Waals surface area contributed by atoms with Crippen molar-refractivity contribution in [1.29, 1.82) is 0 Å². The van der Waals surface area contributed by atoms with Gasteiger partial charge in [0.05, 0.1) is 12.6 Å². The Kier molecular flexibility index (Phi) is 2.35. The fraction of sp³-hybridized carbons (Fsp3) is 0.385. The van der Waals surface area contributed by atoms with E-state index >= 15 is 0 Å². The first-order valence-electron chi connectivity index (χ1n) is 5.81. The summed E-state index contributed by atoms with van der Waals surface area (Å²) in [4.78, 5) is 15.7. The van der Waals surface area contributed by atoms with Crippen LogP contribution in [0.4, 0.5) is 0 Å². The van der Waals surface area contributed by atoms with Gasteiger partial charge in [-0.05, 0) is 37.0 Å². The minimum atomic E-state index is -0.158. The minimum Gasteiger partial charge on any atom is -0.497 e. The van der Waals surface area contributed by atoms with Crippen LogP contribution in [0.3, 0.4) is 0 Å². The van der Waals surface area contributed by atoms with E-state index in [0.29, 0.717) is 5.92 Å². The van der Waals surface area contributed by atoms with Crippen molar-refractivity contribution >= 4 is 10.9 Å². The van der Waals surface area contributed by atoms with Crippen LogP contribution in [-0.4, -0.2) is 16.7 Å². The van der Waals surface area contributed by atoms with Gasteiger partial charge in [0, 0.05) is 18.1 Å². The van der Waals surface area contributed by atoms with Crippen LogP contribution in [0, 0.1) is 5.92 Å². The quantitative estimate of drug-likeness (QED) is 0.807. The Hall–Kier alpha value is -1.84. The van der Waals surface area contributed by atoms with E-state index in [0.717, 1.165) is 23.2 Å². The molecule has 1 aliphatic rings. The molecule has 0 saturated heterocycles.